The van der Waals surface area contributed by atoms with Crippen molar-refractivity contribution in [2.24, 2.45) is 0 Å². The van der Waals surface area contributed by atoms with Gasteiger partial charge in [0, 0.05) is 27.0 Å². The van der Waals surface area contributed by atoms with Crippen LogP contribution >= 0.6 is 15.9 Å². The summed E-state index contributed by atoms with van der Waals surface area (Å²) >= 11 is 3.52. The van der Waals surface area contributed by atoms with E-state index < -0.39 is 0 Å². The van der Waals surface area contributed by atoms with Gasteiger partial charge in [0.25, 0.3) is 0 Å². The third-order valence-electron chi connectivity index (χ3n) is 3.35. The number of benzene rings is 2. The SMILES string of the molecule is Brc1ccc2nc3c4ccccc4nccc-3c2c1. The number of fused-ring (bicyclic) bond motifs is 5. The highest BCUT2D eigenvalue weighted by Crippen LogP contribution is 2.35. The second-order valence-electron chi connectivity index (χ2n) is 4.50. The van der Waals surface area contributed by atoms with Gasteiger partial charge in [-0.1, -0.05) is 34.1 Å². The number of para-hydroxylation sites is 1. The summed E-state index contributed by atoms with van der Waals surface area (Å²) in [6, 6.07) is 16.3. The minimum atomic E-state index is 0.972. The van der Waals surface area contributed by atoms with Crippen LogP contribution in [0.25, 0.3) is 33.1 Å². The van der Waals surface area contributed by atoms with Crippen molar-refractivity contribution in [3.8, 4) is 11.3 Å². The molecule has 0 radical (unpaired) electrons. The molecule has 2 aliphatic heterocycles. The lowest BCUT2D eigenvalue weighted by atomic mass is 10.1. The Morgan fingerprint density at radius 2 is 1.74 bits per heavy atom. The summed E-state index contributed by atoms with van der Waals surface area (Å²) in [7, 11) is 0. The first kappa shape index (κ1) is 10.9. The molecule has 0 aliphatic carbocycles. The van der Waals surface area contributed by atoms with Gasteiger partial charge in [-0.15, -0.1) is 0 Å². The molecule has 0 atom stereocenters. The average Bonchev–Trinajstić information content (AvgIpc) is 2.67. The fourth-order valence-electron chi connectivity index (χ4n) is 2.48. The highest BCUT2D eigenvalue weighted by Gasteiger charge is 2.13. The number of hydrogen-bond donors (Lipinski definition) is 0. The topological polar surface area (TPSA) is 25.8 Å². The summed E-state index contributed by atoms with van der Waals surface area (Å²) in [5.74, 6) is 0. The van der Waals surface area contributed by atoms with Crippen LogP contribution in [0.2, 0.25) is 0 Å². The molecule has 0 saturated heterocycles. The van der Waals surface area contributed by atoms with Gasteiger partial charge in [0.05, 0.1) is 16.7 Å². The van der Waals surface area contributed by atoms with Crippen LogP contribution in [-0.2, 0) is 0 Å². The quantitative estimate of drug-likeness (QED) is 0.472. The molecule has 2 aromatic carbocycles. The number of hydrogen-bond acceptors (Lipinski definition) is 2. The molecule has 2 aromatic rings. The van der Waals surface area contributed by atoms with Gasteiger partial charge in [-0.05, 0) is 30.3 Å². The molecule has 2 aliphatic rings. The summed E-state index contributed by atoms with van der Waals surface area (Å²) in [5, 5.41) is 2.25. The minimum Gasteiger partial charge on any atom is -0.256 e. The molecular formula is C16H9BrN2. The second kappa shape index (κ2) is 4.00. The Balaban J connectivity index is 2.24. The van der Waals surface area contributed by atoms with E-state index in [4.69, 9.17) is 4.98 Å². The zero-order valence-electron chi connectivity index (χ0n) is 9.97. The van der Waals surface area contributed by atoms with Crippen molar-refractivity contribution in [1.29, 1.82) is 0 Å². The number of rotatable bonds is 0. The van der Waals surface area contributed by atoms with Gasteiger partial charge < -0.3 is 0 Å². The normalized spacial score (nSPS) is 11.4. The highest BCUT2D eigenvalue weighted by molar-refractivity contribution is 9.10. The van der Waals surface area contributed by atoms with Gasteiger partial charge in [-0.2, -0.15) is 0 Å². The molecule has 2 nitrogen and oxygen atoms in total. The zero-order chi connectivity index (χ0) is 12.8. The fourth-order valence-corrected chi connectivity index (χ4v) is 2.84. The van der Waals surface area contributed by atoms with E-state index in [-0.39, 0.29) is 0 Å². The van der Waals surface area contributed by atoms with Crippen molar-refractivity contribution in [3.63, 3.8) is 0 Å². The van der Waals surface area contributed by atoms with Crippen LogP contribution in [0.5, 0.6) is 0 Å². The Hall–Kier alpha value is -2.00. The van der Waals surface area contributed by atoms with E-state index in [1.165, 1.54) is 0 Å². The average molecular weight is 309 g/mol. The Kier molecular flexibility index (Phi) is 2.29. The molecular weight excluding hydrogens is 300 g/mol. The van der Waals surface area contributed by atoms with Crippen LogP contribution in [0.3, 0.4) is 0 Å². The van der Waals surface area contributed by atoms with Crippen LogP contribution in [0.4, 0.5) is 0 Å². The lowest BCUT2D eigenvalue weighted by Crippen LogP contribution is -1.75. The molecule has 0 saturated carbocycles. The number of halogens is 1. The van der Waals surface area contributed by atoms with Crippen LogP contribution in [0, 0.1) is 0 Å². The Bertz CT molecular complexity index is 886. The van der Waals surface area contributed by atoms with E-state index in [0.29, 0.717) is 0 Å². The summed E-state index contributed by atoms with van der Waals surface area (Å²) < 4.78 is 1.07. The third-order valence-corrected chi connectivity index (χ3v) is 3.84. The molecule has 0 amide bonds. The maximum Gasteiger partial charge on any atom is 0.0810 e. The minimum absolute atomic E-state index is 0.972. The van der Waals surface area contributed by atoms with Crippen molar-refractivity contribution in [3.05, 3.63) is 59.2 Å². The predicted molar refractivity (Wildman–Crippen MR) is 81.4 cm³/mol. The summed E-state index contributed by atoms with van der Waals surface area (Å²) in [5.41, 5.74) is 4.15. The van der Waals surface area contributed by atoms with Crippen molar-refractivity contribution in [1.82, 2.24) is 9.97 Å². The van der Waals surface area contributed by atoms with Gasteiger partial charge in [-0.3, -0.25) is 4.98 Å². The van der Waals surface area contributed by atoms with Crippen LogP contribution in [0.1, 0.15) is 0 Å². The molecule has 4 rings (SSSR count). The fraction of sp³-hybridized carbons (Fsp3) is 0. The molecule has 2 heterocycles. The van der Waals surface area contributed by atoms with Crippen molar-refractivity contribution in [2.75, 3.05) is 0 Å². The van der Waals surface area contributed by atoms with Crippen molar-refractivity contribution in [2.45, 2.75) is 0 Å². The smallest absolute Gasteiger partial charge is 0.0810 e. The van der Waals surface area contributed by atoms with E-state index >= 15 is 0 Å². The summed E-state index contributed by atoms with van der Waals surface area (Å²) in [4.78, 5) is 9.23. The van der Waals surface area contributed by atoms with E-state index in [1.807, 2.05) is 42.6 Å². The van der Waals surface area contributed by atoms with Gasteiger partial charge in [0.1, 0.15) is 0 Å². The molecule has 3 heteroatoms. The third kappa shape index (κ3) is 1.62. The van der Waals surface area contributed by atoms with Crippen molar-refractivity contribution < 1.29 is 0 Å². The van der Waals surface area contributed by atoms with Crippen LogP contribution < -0.4 is 0 Å². The lowest BCUT2D eigenvalue weighted by Gasteiger charge is -1.95. The molecule has 19 heavy (non-hydrogen) atoms. The second-order valence-corrected chi connectivity index (χ2v) is 5.41. The van der Waals surface area contributed by atoms with Crippen LogP contribution in [0.15, 0.2) is 59.2 Å². The predicted octanol–water partition coefficient (Wildman–Crippen LogP) is 4.65. The molecule has 90 valence electrons. The molecule has 0 bridgehead atoms. The van der Waals surface area contributed by atoms with Gasteiger partial charge >= 0.3 is 0 Å². The van der Waals surface area contributed by atoms with E-state index in [1.54, 1.807) is 0 Å². The Labute approximate surface area is 118 Å². The first-order chi connectivity index (χ1) is 9.33. The van der Waals surface area contributed by atoms with Gasteiger partial charge in [-0.25, -0.2) is 4.98 Å². The van der Waals surface area contributed by atoms with E-state index in [0.717, 1.165) is 37.5 Å². The molecule has 0 aromatic heterocycles. The highest BCUT2D eigenvalue weighted by atomic mass is 79.9. The van der Waals surface area contributed by atoms with E-state index in [9.17, 15) is 0 Å². The lowest BCUT2D eigenvalue weighted by molar-refractivity contribution is 1.44. The standard InChI is InChI=1S/C16H9BrN2/c17-10-5-6-15-13(9-10)11-7-8-18-14-4-2-1-3-12(14)16(11)19-15/h1-9H. The summed E-state index contributed by atoms with van der Waals surface area (Å²) in [6.45, 7) is 0. The van der Waals surface area contributed by atoms with E-state index in [2.05, 4.69) is 33.0 Å². The molecule has 0 N–H and O–H groups in total. The maximum absolute atomic E-state index is 4.76. The van der Waals surface area contributed by atoms with Gasteiger partial charge in [0.15, 0.2) is 0 Å². The molecule has 0 spiro atoms. The maximum atomic E-state index is 4.76. The first-order valence-corrected chi connectivity index (χ1v) is 6.85. The largest absolute Gasteiger partial charge is 0.256 e. The first-order valence-electron chi connectivity index (χ1n) is 6.06. The molecule has 0 unspecified atom stereocenters. The van der Waals surface area contributed by atoms with Crippen molar-refractivity contribution >= 4 is 37.7 Å². The van der Waals surface area contributed by atoms with Gasteiger partial charge in [0.2, 0.25) is 0 Å². The van der Waals surface area contributed by atoms with Crippen LogP contribution in [-0.4, -0.2) is 9.97 Å². The Morgan fingerprint density at radius 3 is 2.68 bits per heavy atom. The Morgan fingerprint density at radius 1 is 0.842 bits per heavy atom. The number of aromatic nitrogens is 2. The monoisotopic (exact) mass is 308 g/mol. The zero-order valence-corrected chi connectivity index (χ0v) is 11.6. The summed E-state index contributed by atoms with van der Waals surface area (Å²) in [6.07, 6.45) is 1.85. The number of nitrogens with zero attached hydrogens (tertiary/aromatic N) is 2. The molecule has 0 fully saturated rings.